The summed E-state index contributed by atoms with van der Waals surface area (Å²) < 4.78 is 26.9. The Bertz CT molecular complexity index is 1030. The van der Waals surface area contributed by atoms with E-state index >= 15 is 0 Å². The third-order valence-corrected chi connectivity index (χ3v) is 6.76. The van der Waals surface area contributed by atoms with Crippen LogP contribution in [0.25, 0.3) is 0 Å². The van der Waals surface area contributed by atoms with E-state index in [1.807, 2.05) is 51.1 Å². The first-order valence-electron chi connectivity index (χ1n) is 10.9. The maximum Gasteiger partial charge on any atom is 0.244 e. The highest BCUT2D eigenvalue weighted by atomic mass is 79.9. The fourth-order valence-corrected chi connectivity index (χ4v) is 4.61. The summed E-state index contributed by atoms with van der Waals surface area (Å²) in [7, 11) is -3.73. The molecule has 0 aliphatic rings. The van der Waals surface area contributed by atoms with Crippen LogP contribution in [0.2, 0.25) is 0 Å². The molecule has 2 rings (SSSR count). The van der Waals surface area contributed by atoms with E-state index in [9.17, 15) is 18.0 Å². The number of nitrogens with one attached hydrogen (secondary N) is 1. The maximum absolute atomic E-state index is 13.5. The van der Waals surface area contributed by atoms with Crippen molar-refractivity contribution in [2.75, 3.05) is 23.7 Å². The molecule has 180 valence electrons. The Hall–Kier alpha value is -2.39. The lowest BCUT2D eigenvalue weighted by Gasteiger charge is -2.33. The van der Waals surface area contributed by atoms with Gasteiger partial charge in [0, 0.05) is 17.1 Å². The number of hydrogen-bond donors (Lipinski definition) is 1. The Kier molecular flexibility index (Phi) is 9.91. The van der Waals surface area contributed by atoms with E-state index in [-0.39, 0.29) is 18.5 Å². The van der Waals surface area contributed by atoms with Gasteiger partial charge < -0.3 is 10.2 Å². The Morgan fingerprint density at radius 3 is 2.15 bits per heavy atom. The number of rotatable bonds is 11. The molecule has 0 saturated heterocycles. The highest BCUT2D eigenvalue weighted by molar-refractivity contribution is 9.10. The summed E-state index contributed by atoms with van der Waals surface area (Å²) in [6.07, 6.45) is 2.03. The molecule has 9 heteroatoms. The van der Waals surface area contributed by atoms with Crippen LogP contribution in [0.15, 0.2) is 59.1 Å². The minimum atomic E-state index is -3.73. The van der Waals surface area contributed by atoms with Crippen molar-refractivity contribution in [3.05, 3.63) is 64.6 Å². The summed E-state index contributed by atoms with van der Waals surface area (Å²) in [5, 5.41) is 2.88. The molecule has 0 unspecified atom stereocenters. The molecule has 0 aliphatic carbocycles. The van der Waals surface area contributed by atoms with Crippen molar-refractivity contribution in [2.24, 2.45) is 0 Å². The average Bonchev–Trinajstić information content (AvgIpc) is 2.75. The third kappa shape index (κ3) is 8.16. The fourth-order valence-electron chi connectivity index (χ4n) is 3.50. The van der Waals surface area contributed by atoms with Gasteiger partial charge in [0.1, 0.15) is 12.6 Å². The van der Waals surface area contributed by atoms with E-state index in [4.69, 9.17) is 0 Å². The van der Waals surface area contributed by atoms with E-state index in [0.717, 1.165) is 20.6 Å². The van der Waals surface area contributed by atoms with Gasteiger partial charge in [-0.2, -0.15) is 0 Å². The highest BCUT2D eigenvalue weighted by Crippen LogP contribution is 2.21. The van der Waals surface area contributed by atoms with Gasteiger partial charge in [-0.3, -0.25) is 13.9 Å². The van der Waals surface area contributed by atoms with Gasteiger partial charge in [-0.15, -0.1) is 0 Å². The first kappa shape index (κ1) is 26.9. The van der Waals surface area contributed by atoms with Gasteiger partial charge >= 0.3 is 0 Å². The molecule has 1 N–H and O–H groups in total. The lowest BCUT2D eigenvalue weighted by Crippen LogP contribution is -2.54. The molecular weight excluding hydrogens is 506 g/mol. The second kappa shape index (κ2) is 12.2. The molecule has 0 aliphatic heterocycles. The van der Waals surface area contributed by atoms with Crippen molar-refractivity contribution >= 4 is 43.5 Å². The lowest BCUT2D eigenvalue weighted by atomic mass is 10.1. The molecule has 0 fully saturated rings. The van der Waals surface area contributed by atoms with Crippen LogP contribution in [0.3, 0.4) is 0 Å². The van der Waals surface area contributed by atoms with Gasteiger partial charge in [-0.1, -0.05) is 53.2 Å². The predicted octanol–water partition coefficient (Wildman–Crippen LogP) is 3.59. The Labute approximate surface area is 205 Å². The number of halogens is 1. The molecule has 2 aromatic rings. The molecule has 2 amide bonds. The van der Waals surface area contributed by atoms with Gasteiger partial charge in [0.25, 0.3) is 0 Å². The zero-order valence-electron chi connectivity index (χ0n) is 19.5. The second-order valence-electron chi connectivity index (χ2n) is 8.16. The third-order valence-electron chi connectivity index (χ3n) is 5.09. The summed E-state index contributed by atoms with van der Waals surface area (Å²) in [6.45, 7) is 5.47. The molecule has 0 saturated carbocycles. The van der Waals surface area contributed by atoms with Crippen LogP contribution in [-0.4, -0.2) is 56.6 Å². The zero-order chi connectivity index (χ0) is 24.6. The number of carbonyl (C=O) groups excluding carboxylic acids is 2. The first-order chi connectivity index (χ1) is 15.5. The Morgan fingerprint density at radius 1 is 1.03 bits per heavy atom. The van der Waals surface area contributed by atoms with Crippen LogP contribution in [0.1, 0.15) is 32.8 Å². The van der Waals surface area contributed by atoms with Crippen LogP contribution in [0, 0.1) is 0 Å². The minimum absolute atomic E-state index is 0.0760. The summed E-state index contributed by atoms with van der Waals surface area (Å²) in [6, 6.07) is 15.6. The zero-order valence-corrected chi connectivity index (χ0v) is 21.9. The van der Waals surface area contributed by atoms with Crippen molar-refractivity contribution in [3.63, 3.8) is 0 Å². The van der Waals surface area contributed by atoms with Crippen molar-refractivity contribution in [2.45, 2.75) is 45.7 Å². The van der Waals surface area contributed by atoms with Gasteiger partial charge in [0.15, 0.2) is 0 Å². The van der Waals surface area contributed by atoms with Crippen LogP contribution in [0.5, 0.6) is 0 Å². The van der Waals surface area contributed by atoms with Crippen molar-refractivity contribution in [3.8, 4) is 0 Å². The molecule has 7 nitrogen and oxygen atoms in total. The quantitative estimate of drug-likeness (QED) is 0.474. The molecular formula is C24H32BrN3O4S. The summed E-state index contributed by atoms with van der Waals surface area (Å²) in [5.74, 6) is -0.673. The molecule has 1 atom stereocenters. The SMILES string of the molecule is CC[C@@H](C(=O)NC(C)C)N(CCc1ccccc1)C(=O)CN(c1ccc(Br)cc1)S(C)(=O)=O. The number of sulfonamides is 1. The van der Waals surface area contributed by atoms with E-state index in [2.05, 4.69) is 21.2 Å². The molecule has 2 aromatic carbocycles. The molecule has 0 radical (unpaired) electrons. The fraction of sp³-hybridized carbons (Fsp3) is 0.417. The van der Waals surface area contributed by atoms with E-state index in [1.165, 1.54) is 4.90 Å². The van der Waals surface area contributed by atoms with Crippen molar-refractivity contribution in [1.29, 1.82) is 0 Å². The van der Waals surface area contributed by atoms with Gasteiger partial charge in [0.2, 0.25) is 21.8 Å². The van der Waals surface area contributed by atoms with Crippen LogP contribution in [-0.2, 0) is 26.0 Å². The first-order valence-corrected chi connectivity index (χ1v) is 13.5. The largest absolute Gasteiger partial charge is 0.352 e. The number of anilines is 1. The number of nitrogens with zero attached hydrogens (tertiary/aromatic N) is 2. The second-order valence-corrected chi connectivity index (χ2v) is 11.0. The standard InChI is InChI=1S/C24H32BrN3O4S/c1-5-22(24(30)26-18(2)3)27(16-15-19-9-7-6-8-10-19)23(29)17-28(33(4,31)32)21-13-11-20(25)12-14-21/h6-14,18,22H,5,15-17H2,1-4H3,(H,26,30)/t22-/m0/s1. The van der Waals surface area contributed by atoms with E-state index < -0.39 is 22.0 Å². The monoisotopic (exact) mass is 537 g/mol. The van der Waals surface area contributed by atoms with Crippen molar-refractivity contribution < 1.29 is 18.0 Å². The molecule has 0 heterocycles. The summed E-state index contributed by atoms with van der Waals surface area (Å²) in [5.41, 5.74) is 1.42. The van der Waals surface area contributed by atoms with Gasteiger partial charge in [-0.25, -0.2) is 8.42 Å². The van der Waals surface area contributed by atoms with Crippen LogP contribution < -0.4 is 9.62 Å². The highest BCUT2D eigenvalue weighted by Gasteiger charge is 2.31. The molecule has 33 heavy (non-hydrogen) atoms. The number of benzene rings is 2. The molecule has 0 aromatic heterocycles. The smallest absolute Gasteiger partial charge is 0.244 e. The number of amides is 2. The van der Waals surface area contributed by atoms with Crippen molar-refractivity contribution in [1.82, 2.24) is 10.2 Å². The van der Waals surface area contributed by atoms with Gasteiger partial charge in [-0.05, 0) is 56.5 Å². The maximum atomic E-state index is 13.5. The van der Waals surface area contributed by atoms with Crippen LogP contribution in [0.4, 0.5) is 5.69 Å². The average molecular weight is 539 g/mol. The number of carbonyl (C=O) groups is 2. The normalized spacial score (nSPS) is 12.3. The van der Waals surface area contributed by atoms with E-state index in [0.29, 0.717) is 25.1 Å². The van der Waals surface area contributed by atoms with Crippen LogP contribution >= 0.6 is 15.9 Å². The molecule has 0 bridgehead atoms. The molecule has 0 spiro atoms. The minimum Gasteiger partial charge on any atom is -0.352 e. The topological polar surface area (TPSA) is 86.8 Å². The van der Waals surface area contributed by atoms with E-state index in [1.54, 1.807) is 24.3 Å². The number of hydrogen-bond acceptors (Lipinski definition) is 4. The van der Waals surface area contributed by atoms with Gasteiger partial charge in [0.05, 0.1) is 11.9 Å². The Balaban J connectivity index is 2.34. The predicted molar refractivity (Wildman–Crippen MR) is 136 cm³/mol. The summed E-state index contributed by atoms with van der Waals surface area (Å²) >= 11 is 3.34. The lowest BCUT2D eigenvalue weighted by molar-refractivity contribution is -0.139. The Morgan fingerprint density at radius 2 is 1.64 bits per heavy atom. The summed E-state index contributed by atoms with van der Waals surface area (Å²) in [4.78, 5) is 27.9.